The summed E-state index contributed by atoms with van der Waals surface area (Å²) in [7, 11) is 0. The molecule has 0 aromatic rings. The zero-order chi connectivity index (χ0) is 15.3. The van der Waals surface area contributed by atoms with Crippen LogP contribution in [0, 0.1) is 5.92 Å². The van der Waals surface area contributed by atoms with E-state index in [2.05, 4.69) is 10.3 Å². The van der Waals surface area contributed by atoms with Gasteiger partial charge in [-0.25, -0.2) is 0 Å². The van der Waals surface area contributed by atoms with Crippen LogP contribution in [-0.2, 0) is 9.53 Å². The van der Waals surface area contributed by atoms with Gasteiger partial charge in [-0.3, -0.25) is 9.79 Å². The van der Waals surface area contributed by atoms with Crippen LogP contribution in [-0.4, -0.2) is 29.6 Å². The van der Waals surface area contributed by atoms with E-state index in [1.807, 2.05) is 34.6 Å². The maximum Gasteiger partial charge on any atom is 0.309 e. The lowest BCUT2D eigenvalue weighted by Gasteiger charge is -2.28. The van der Waals surface area contributed by atoms with Crippen LogP contribution in [0.1, 0.15) is 60.3 Å². The van der Waals surface area contributed by atoms with E-state index in [0.717, 1.165) is 25.7 Å². The standard InChI is InChI=1S/C15H29N3O2/c1-10(2)17-14(16)18-12-8-6-11(7-9-12)13(19)20-15(3,4)5/h10-12H,6-9H2,1-5H3,(H3,16,17,18). The monoisotopic (exact) mass is 283 g/mol. The number of carbonyl (C=O) groups excluding carboxylic acids is 1. The molecule has 0 aromatic carbocycles. The van der Waals surface area contributed by atoms with Crippen molar-refractivity contribution in [3.63, 3.8) is 0 Å². The van der Waals surface area contributed by atoms with Gasteiger partial charge < -0.3 is 15.8 Å². The lowest BCUT2D eigenvalue weighted by molar-refractivity contribution is -0.161. The zero-order valence-electron chi connectivity index (χ0n) is 13.4. The number of nitrogens with two attached hydrogens (primary N) is 1. The zero-order valence-corrected chi connectivity index (χ0v) is 13.4. The summed E-state index contributed by atoms with van der Waals surface area (Å²) in [6.07, 6.45) is 3.45. The van der Waals surface area contributed by atoms with Crippen LogP contribution in [0.2, 0.25) is 0 Å². The molecular weight excluding hydrogens is 254 g/mol. The molecule has 1 saturated carbocycles. The third-order valence-electron chi connectivity index (χ3n) is 3.20. The highest BCUT2D eigenvalue weighted by molar-refractivity contribution is 5.78. The summed E-state index contributed by atoms with van der Waals surface area (Å²) < 4.78 is 5.43. The number of rotatable bonds is 3. The molecule has 0 unspecified atom stereocenters. The Morgan fingerprint density at radius 2 is 1.80 bits per heavy atom. The largest absolute Gasteiger partial charge is 0.460 e. The van der Waals surface area contributed by atoms with Gasteiger partial charge in [0.2, 0.25) is 0 Å². The Balaban J connectivity index is 2.42. The van der Waals surface area contributed by atoms with Crippen molar-refractivity contribution in [1.82, 2.24) is 5.32 Å². The fraction of sp³-hybridized carbons (Fsp3) is 0.867. The maximum absolute atomic E-state index is 12.0. The second-order valence-corrected chi connectivity index (χ2v) is 6.85. The van der Waals surface area contributed by atoms with Crippen molar-refractivity contribution in [2.75, 3.05) is 0 Å². The molecule has 5 nitrogen and oxygen atoms in total. The Hall–Kier alpha value is -1.26. The van der Waals surface area contributed by atoms with E-state index in [1.54, 1.807) is 0 Å². The fourth-order valence-corrected chi connectivity index (χ4v) is 2.36. The van der Waals surface area contributed by atoms with Gasteiger partial charge in [-0.15, -0.1) is 0 Å². The summed E-state index contributed by atoms with van der Waals surface area (Å²) in [6, 6.07) is 0.511. The van der Waals surface area contributed by atoms with Crippen molar-refractivity contribution in [3.05, 3.63) is 0 Å². The predicted octanol–water partition coefficient (Wildman–Crippen LogP) is 2.20. The number of carbonyl (C=O) groups is 1. The van der Waals surface area contributed by atoms with Gasteiger partial charge in [0.1, 0.15) is 5.60 Å². The molecule has 1 aliphatic rings. The van der Waals surface area contributed by atoms with Gasteiger partial charge in [0.05, 0.1) is 12.0 Å². The highest BCUT2D eigenvalue weighted by Crippen LogP contribution is 2.28. The number of ether oxygens (including phenoxy) is 1. The normalized spacial score (nSPS) is 24.6. The van der Waals surface area contributed by atoms with Gasteiger partial charge in [0.15, 0.2) is 5.96 Å². The van der Waals surface area contributed by atoms with Crippen LogP contribution in [0.5, 0.6) is 0 Å². The highest BCUT2D eigenvalue weighted by Gasteiger charge is 2.29. The van der Waals surface area contributed by atoms with Gasteiger partial charge in [0, 0.05) is 6.04 Å². The molecule has 3 N–H and O–H groups in total. The summed E-state index contributed by atoms with van der Waals surface area (Å²) in [5.41, 5.74) is 5.43. The Labute approximate surface area is 122 Å². The van der Waals surface area contributed by atoms with Gasteiger partial charge in [-0.1, -0.05) is 0 Å². The van der Waals surface area contributed by atoms with Crippen molar-refractivity contribution < 1.29 is 9.53 Å². The molecule has 1 aliphatic carbocycles. The summed E-state index contributed by atoms with van der Waals surface area (Å²) in [6.45, 7) is 9.76. The molecule has 1 fully saturated rings. The van der Waals surface area contributed by atoms with Crippen molar-refractivity contribution in [2.24, 2.45) is 16.6 Å². The van der Waals surface area contributed by atoms with Gasteiger partial charge in [-0.05, 0) is 60.3 Å². The smallest absolute Gasteiger partial charge is 0.309 e. The first-order valence-electron chi connectivity index (χ1n) is 7.50. The number of nitrogens with one attached hydrogen (secondary N) is 1. The van der Waals surface area contributed by atoms with E-state index in [9.17, 15) is 4.79 Å². The van der Waals surface area contributed by atoms with Crippen molar-refractivity contribution in [1.29, 1.82) is 0 Å². The highest BCUT2D eigenvalue weighted by atomic mass is 16.6. The number of nitrogens with zero attached hydrogens (tertiary/aromatic N) is 1. The molecule has 116 valence electrons. The van der Waals surface area contributed by atoms with Crippen molar-refractivity contribution >= 4 is 11.9 Å². The first-order chi connectivity index (χ1) is 9.17. The average molecular weight is 283 g/mol. The van der Waals surface area contributed by atoms with E-state index in [1.165, 1.54) is 0 Å². The minimum Gasteiger partial charge on any atom is -0.460 e. The van der Waals surface area contributed by atoms with Crippen LogP contribution in [0.25, 0.3) is 0 Å². The molecule has 0 aromatic heterocycles. The minimum absolute atomic E-state index is 0.0138. The second-order valence-electron chi connectivity index (χ2n) is 6.85. The van der Waals surface area contributed by atoms with E-state index in [0.29, 0.717) is 5.96 Å². The summed E-state index contributed by atoms with van der Waals surface area (Å²) in [5, 5.41) is 3.09. The third kappa shape index (κ3) is 6.26. The molecule has 1 rings (SSSR count). The molecule has 0 radical (unpaired) electrons. The van der Waals surface area contributed by atoms with E-state index in [-0.39, 0.29) is 24.0 Å². The Morgan fingerprint density at radius 1 is 1.25 bits per heavy atom. The maximum atomic E-state index is 12.0. The molecule has 20 heavy (non-hydrogen) atoms. The first kappa shape index (κ1) is 16.8. The van der Waals surface area contributed by atoms with Crippen LogP contribution < -0.4 is 11.1 Å². The predicted molar refractivity (Wildman–Crippen MR) is 81.5 cm³/mol. The Kier molecular flexibility index (Phi) is 5.84. The molecule has 0 atom stereocenters. The number of hydrogen-bond donors (Lipinski definition) is 2. The SMILES string of the molecule is CC(C)NC(N)=NC1CCC(C(=O)OC(C)(C)C)CC1. The van der Waals surface area contributed by atoms with Gasteiger partial charge in [-0.2, -0.15) is 0 Å². The molecule has 0 amide bonds. The minimum atomic E-state index is -0.405. The molecule has 5 heteroatoms. The molecule has 0 bridgehead atoms. The summed E-state index contributed by atoms with van der Waals surface area (Å²) in [4.78, 5) is 16.5. The third-order valence-corrected chi connectivity index (χ3v) is 3.20. The van der Waals surface area contributed by atoms with E-state index >= 15 is 0 Å². The molecule has 0 spiro atoms. The van der Waals surface area contributed by atoms with E-state index in [4.69, 9.17) is 10.5 Å². The fourth-order valence-electron chi connectivity index (χ4n) is 2.36. The first-order valence-corrected chi connectivity index (χ1v) is 7.50. The average Bonchev–Trinajstić information content (AvgIpc) is 2.26. The quantitative estimate of drug-likeness (QED) is 0.473. The van der Waals surface area contributed by atoms with Crippen molar-refractivity contribution in [2.45, 2.75) is 78.0 Å². The molecule has 0 aliphatic heterocycles. The van der Waals surface area contributed by atoms with Gasteiger partial charge >= 0.3 is 5.97 Å². The topological polar surface area (TPSA) is 76.7 Å². The summed E-state index contributed by atoms with van der Waals surface area (Å²) >= 11 is 0. The number of esters is 1. The lowest BCUT2D eigenvalue weighted by atomic mass is 9.86. The van der Waals surface area contributed by atoms with Crippen LogP contribution in [0.15, 0.2) is 4.99 Å². The molecule has 0 saturated heterocycles. The molecule has 0 heterocycles. The Morgan fingerprint density at radius 3 is 2.25 bits per heavy atom. The molecular formula is C15H29N3O2. The second kappa shape index (κ2) is 6.95. The Bertz CT molecular complexity index is 351. The van der Waals surface area contributed by atoms with E-state index < -0.39 is 5.60 Å². The lowest BCUT2D eigenvalue weighted by Crippen LogP contribution is -2.38. The van der Waals surface area contributed by atoms with Gasteiger partial charge in [0.25, 0.3) is 0 Å². The summed E-state index contributed by atoms with van der Waals surface area (Å²) in [5.74, 6) is 0.439. The number of aliphatic imine (C=N–C) groups is 1. The van der Waals surface area contributed by atoms with Crippen LogP contribution in [0.3, 0.4) is 0 Å². The van der Waals surface area contributed by atoms with Crippen LogP contribution >= 0.6 is 0 Å². The van der Waals surface area contributed by atoms with Crippen LogP contribution in [0.4, 0.5) is 0 Å². The van der Waals surface area contributed by atoms with Crippen molar-refractivity contribution in [3.8, 4) is 0 Å². The number of hydrogen-bond acceptors (Lipinski definition) is 3. The number of guanidine groups is 1.